The van der Waals surface area contributed by atoms with E-state index in [1.165, 1.54) is 5.57 Å². The second-order valence-electron chi connectivity index (χ2n) is 8.69. The zero-order valence-electron chi connectivity index (χ0n) is 17.0. The van der Waals surface area contributed by atoms with Gasteiger partial charge in [0.25, 0.3) is 0 Å². The van der Waals surface area contributed by atoms with Crippen molar-refractivity contribution in [1.29, 1.82) is 5.26 Å². The summed E-state index contributed by atoms with van der Waals surface area (Å²) in [4.78, 5) is 15.5. The molecule has 2 atom stereocenters. The van der Waals surface area contributed by atoms with Crippen LogP contribution in [-0.2, 0) is 11.2 Å². The van der Waals surface area contributed by atoms with E-state index in [0.29, 0.717) is 6.42 Å². The van der Waals surface area contributed by atoms with Crippen molar-refractivity contribution in [1.82, 2.24) is 9.47 Å². The summed E-state index contributed by atoms with van der Waals surface area (Å²) < 4.78 is 7.51. The average Bonchev–Trinajstić information content (AvgIpc) is 3.00. The van der Waals surface area contributed by atoms with Crippen molar-refractivity contribution in [2.24, 2.45) is 0 Å². The smallest absolute Gasteiger partial charge is 0.419 e. The molecule has 2 aromatic rings. The molecule has 0 saturated heterocycles. The quantitative estimate of drug-likeness (QED) is 0.659. The van der Waals surface area contributed by atoms with Gasteiger partial charge in [-0.2, -0.15) is 5.26 Å². The molecular weight excluding hydrogens is 350 g/mol. The Hall–Kier alpha value is -2.58. The highest BCUT2D eigenvalue weighted by molar-refractivity contribution is 5.94. The van der Waals surface area contributed by atoms with E-state index in [9.17, 15) is 10.1 Å². The lowest BCUT2D eigenvalue weighted by atomic mass is 9.87. The molecule has 2 aliphatic heterocycles. The van der Waals surface area contributed by atoms with Gasteiger partial charge in [0.2, 0.25) is 0 Å². The number of fused-ring (bicyclic) bond motifs is 5. The van der Waals surface area contributed by atoms with E-state index in [-0.39, 0.29) is 18.2 Å². The first-order valence-corrected chi connectivity index (χ1v) is 10.0. The van der Waals surface area contributed by atoms with Gasteiger partial charge in [0.05, 0.1) is 23.3 Å². The Bertz CT molecular complexity index is 1000. The molecular formula is C23H27N3O2. The minimum absolute atomic E-state index is 0.0172. The van der Waals surface area contributed by atoms with Gasteiger partial charge in [-0.25, -0.2) is 9.36 Å². The Morgan fingerprint density at radius 1 is 1.32 bits per heavy atom. The number of nitriles is 1. The topological polar surface area (TPSA) is 58.3 Å². The maximum Gasteiger partial charge on any atom is 0.419 e. The van der Waals surface area contributed by atoms with E-state index < -0.39 is 5.60 Å². The fraction of sp³-hybridized carbons (Fsp3) is 0.478. The van der Waals surface area contributed by atoms with Crippen molar-refractivity contribution in [3.63, 3.8) is 0 Å². The summed E-state index contributed by atoms with van der Waals surface area (Å²) in [7, 11) is 0. The molecule has 0 radical (unpaired) electrons. The molecule has 0 amide bonds. The highest BCUT2D eigenvalue weighted by atomic mass is 16.6. The third kappa shape index (κ3) is 3.02. The van der Waals surface area contributed by atoms with Crippen LogP contribution in [0.25, 0.3) is 10.9 Å². The number of carbonyl (C=O) groups excluding carboxylic acids is 1. The van der Waals surface area contributed by atoms with Crippen LogP contribution in [-0.4, -0.2) is 33.7 Å². The summed E-state index contributed by atoms with van der Waals surface area (Å²) in [6, 6.07) is 10.3. The van der Waals surface area contributed by atoms with Crippen molar-refractivity contribution in [3.05, 3.63) is 47.2 Å². The Morgan fingerprint density at radius 3 is 2.75 bits per heavy atom. The molecule has 0 saturated carbocycles. The van der Waals surface area contributed by atoms with Gasteiger partial charge in [0, 0.05) is 18.4 Å². The second kappa shape index (κ2) is 6.79. The Morgan fingerprint density at radius 2 is 2.07 bits per heavy atom. The molecule has 1 aromatic carbocycles. The van der Waals surface area contributed by atoms with Crippen LogP contribution in [0.3, 0.4) is 0 Å². The van der Waals surface area contributed by atoms with E-state index in [1.54, 1.807) is 4.57 Å². The number of aromatic nitrogens is 1. The van der Waals surface area contributed by atoms with Crippen LogP contribution in [0.4, 0.5) is 4.79 Å². The number of nitrogens with zero attached hydrogens (tertiary/aromatic N) is 3. The molecule has 2 aliphatic rings. The van der Waals surface area contributed by atoms with Gasteiger partial charge >= 0.3 is 6.09 Å². The van der Waals surface area contributed by atoms with Crippen LogP contribution in [0.5, 0.6) is 0 Å². The largest absolute Gasteiger partial charge is 0.443 e. The summed E-state index contributed by atoms with van der Waals surface area (Å²) in [5, 5.41) is 10.9. The van der Waals surface area contributed by atoms with Gasteiger partial charge in [-0.1, -0.05) is 36.8 Å². The standard InChI is InChI=1S/C23H27N3O2/c1-5-15-10-11-20-21-18(12-16(13-24)25(20)14-15)17-8-6-7-9-19(17)26(21)22(27)28-23(2,3)4/h6-10,16,20H,5,11-12,14H2,1-4H3. The van der Waals surface area contributed by atoms with Crippen LogP contribution in [0, 0.1) is 11.3 Å². The van der Waals surface area contributed by atoms with E-state index >= 15 is 0 Å². The Balaban J connectivity index is 1.93. The number of rotatable bonds is 1. The molecule has 5 nitrogen and oxygen atoms in total. The maximum absolute atomic E-state index is 13.2. The summed E-state index contributed by atoms with van der Waals surface area (Å²) >= 11 is 0. The molecule has 0 aliphatic carbocycles. The third-order valence-corrected chi connectivity index (χ3v) is 5.73. The molecule has 0 bridgehead atoms. The Kier molecular flexibility index (Phi) is 4.55. The highest BCUT2D eigenvalue weighted by Gasteiger charge is 2.41. The second-order valence-corrected chi connectivity index (χ2v) is 8.69. The molecule has 4 rings (SSSR count). The molecule has 0 N–H and O–H groups in total. The van der Waals surface area contributed by atoms with Crippen molar-refractivity contribution in [3.8, 4) is 6.07 Å². The third-order valence-electron chi connectivity index (χ3n) is 5.73. The summed E-state index contributed by atoms with van der Waals surface area (Å²) in [5.74, 6) is 0. The van der Waals surface area contributed by atoms with Crippen LogP contribution in [0.1, 0.15) is 57.8 Å². The number of benzene rings is 1. The number of hydrogen-bond donors (Lipinski definition) is 0. The molecule has 0 spiro atoms. The van der Waals surface area contributed by atoms with Crippen molar-refractivity contribution >= 4 is 17.0 Å². The predicted molar refractivity (Wildman–Crippen MR) is 109 cm³/mol. The average molecular weight is 377 g/mol. The van der Waals surface area contributed by atoms with Crippen LogP contribution < -0.4 is 0 Å². The van der Waals surface area contributed by atoms with Gasteiger partial charge in [0.1, 0.15) is 11.6 Å². The minimum atomic E-state index is -0.569. The number of carbonyl (C=O) groups is 1. The lowest BCUT2D eigenvalue weighted by molar-refractivity contribution is 0.0521. The SMILES string of the molecule is CCC1=CCC2c3c(c4ccccc4n3C(=O)OC(C)(C)C)CC(C#N)N2C1. The van der Waals surface area contributed by atoms with Crippen molar-refractivity contribution < 1.29 is 9.53 Å². The first kappa shape index (κ1) is 18.8. The van der Waals surface area contributed by atoms with E-state index in [2.05, 4.69) is 30.0 Å². The molecule has 146 valence electrons. The zero-order valence-corrected chi connectivity index (χ0v) is 17.0. The maximum atomic E-state index is 13.2. The fourth-order valence-corrected chi connectivity index (χ4v) is 4.50. The minimum Gasteiger partial charge on any atom is -0.443 e. The van der Waals surface area contributed by atoms with Crippen LogP contribution >= 0.6 is 0 Å². The van der Waals surface area contributed by atoms with Crippen LogP contribution in [0.2, 0.25) is 0 Å². The number of hydrogen-bond acceptors (Lipinski definition) is 4. The lowest BCUT2D eigenvalue weighted by Crippen LogP contribution is -2.46. The van der Waals surface area contributed by atoms with Gasteiger partial charge < -0.3 is 4.74 Å². The number of para-hydroxylation sites is 1. The Labute approximate surface area is 166 Å². The monoisotopic (exact) mass is 377 g/mol. The van der Waals surface area contributed by atoms with Gasteiger partial charge in [0.15, 0.2) is 0 Å². The predicted octanol–water partition coefficient (Wildman–Crippen LogP) is 4.96. The van der Waals surface area contributed by atoms with Gasteiger partial charge in [-0.3, -0.25) is 4.90 Å². The van der Waals surface area contributed by atoms with Gasteiger partial charge in [-0.05, 0) is 45.2 Å². The molecule has 3 heterocycles. The summed E-state index contributed by atoms with van der Waals surface area (Å²) in [6.07, 6.45) is 4.37. The first-order valence-electron chi connectivity index (χ1n) is 10.0. The molecule has 2 unspecified atom stereocenters. The normalized spacial score (nSPS) is 22.2. The molecule has 5 heteroatoms. The summed E-state index contributed by atoms with van der Waals surface area (Å²) in [5.41, 5.74) is 3.77. The van der Waals surface area contributed by atoms with Gasteiger partial charge in [-0.15, -0.1) is 0 Å². The van der Waals surface area contributed by atoms with Crippen molar-refractivity contribution in [2.45, 2.75) is 64.6 Å². The molecule has 1 aromatic heterocycles. The van der Waals surface area contributed by atoms with E-state index in [1.807, 2.05) is 39.0 Å². The highest BCUT2D eigenvalue weighted by Crippen LogP contribution is 2.43. The number of ether oxygens (including phenoxy) is 1. The lowest BCUT2D eigenvalue weighted by Gasteiger charge is -2.42. The van der Waals surface area contributed by atoms with Crippen molar-refractivity contribution in [2.75, 3.05) is 6.54 Å². The fourth-order valence-electron chi connectivity index (χ4n) is 4.50. The van der Waals surface area contributed by atoms with E-state index in [4.69, 9.17) is 4.74 Å². The summed E-state index contributed by atoms with van der Waals surface area (Å²) in [6.45, 7) is 8.60. The van der Waals surface area contributed by atoms with Crippen LogP contribution in [0.15, 0.2) is 35.9 Å². The molecule has 28 heavy (non-hydrogen) atoms. The van der Waals surface area contributed by atoms with E-state index in [0.717, 1.165) is 41.5 Å². The molecule has 0 fully saturated rings. The first-order chi connectivity index (χ1) is 13.3. The zero-order chi connectivity index (χ0) is 20.1.